The highest BCUT2D eigenvalue weighted by atomic mass is 32.2. The van der Waals surface area contributed by atoms with E-state index in [4.69, 9.17) is 10.5 Å². The number of hydrogen-bond donors (Lipinski definition) is 3. The molecule has 0 spiro atoms. The summed E-state index contributed by atoms with van der Waals surface area (Å²) in [6.07, 6.45) is 1.42. The van der Waals surface area contributed by atoms with Gasteiger partial charge in [0.15, 0.2) is 17.0 Å². The summed E-state index contributed by atoms with van der Waals surface area (Å²) >= 11 is 1.24. The molecule has 1 atom stereocenters. The van der Waals surface area contributed by atoms with E-state index >= 15 is 0 Å². The minimum Gasteiger partial charge on any atom is -0.497 e. The minimum atomic E-state index is -1.09. The molecule has 0 saturated carbocycles. The van der Waals surface area contributed by atoms with Crippen LogP contribution in [-0.2, 0) is 11.3 Å². The Hall–Kier alpha value is -3.80. The fourth-order valence-corrected chi connectivity index (χ4v) is 4.82. The van der Waals surface area contributed by atoms with Crippen molar-refractivity contribution in [2.75, 3.05) is 24.7 Å². The van der Waals surface area contributed by atoms with E-state index in [2.05, 4.69) is 10.6 Å². The average molecular weight is 490 g/mol. The van der Waals surface area contributed by atoms with Gasteiger partial charge in [0.05, 0.1) is 18.3 Å². The normalized spacial score (nSPS) is 15.4. The summed E-state index contributed by atoms with van der Waals surface area (Å²) in [5, 5.41) is 5.02. The molecule has 2 aromatic carbocycles. The van der Waals surface area contributed by atoms with Crippen molar-refractivity contribution in [2.45, 2.75) is 11.9 Å². The van der Waals surface area contributed by atoms with Gasteiger partial charge >= 0.3 is 12.1 Å². The number of urea groups is 1. The van der Waals surface area contributed by atoms with Gasteiger partial charge < -0.3 is 26.0 Å². The van der Waals surface area contributed by atoms with Gasteiger partial charge in [0.2, 0.25) is 0 Å². The van der Waals surface area contributed by atoms with Crippen LogP contribution in [0.4, 0.5) is 24.1 Å². The van der Waals surface area contributed by atoms with Crippen LogP contribution in [0.1, 0.15) is 5.56 Å². The van der Waals surface area contributed by atoms with Crippen LogP contribution in [0.5, 0.6) is 5.75 Å². The van der Waals surface area contributed by atoms with Crippen molar-refractivity contribution in [3.8, 4) is 5.75 Å². The van der Waals surface area contributed by atoms with Gasteiger partial charge in [-0.2, -0.15) is 0 Å². The summed E-state index contributed by atoms with van der Waals surface area (Å²) in [6, 6.07) is 7.87. The zero-order valence-electron chi connectivity index (χ0n) is 18.0. The molecule has 1 aliphatic heterocycles. The standard InChI is InChI=1S/C22H21F2N5O4S/c1-33-13-8-12(18(24)15(23)9-13)10-26-19(30)20-28(6-7-34-20)22(32)27-16-11-29(21(25)31)17-5-3-2-4-14(16)17/h2-5,8-9,11,20H,6-7,10H2,1H3,(H2,25,31)(H,26,30)(H,27,32)/t20-/m0/s1. The molecule has 178 valence electrons. The number of para-hydroxylation sites is 1. The topological polar surface area (TPSA) is 119 Å². The van der Waals surface area contributed by atoms with Gasteiger partial charge in [0.1, 0.15) is 5.75 Å². The van der Waals surface area contributed by atoms with Gasteiger partial charge in [-0.15, -0.1) is 11.8 Å². The first-order valence-corrected chi connectivity index (χ1v) is 11.2. The van der Waals surface area contributed by atoms with Crippen LogP contribution in [-0.4, -0.2) is 52.2 Å². The van der Waals surface area contributed by atoms with Crippen molar-refractivity contribution in [1.82, 2.24) is 14.8 Å². The first-order valence-electron chi connectivity index (χ1n) is 10.2. The van der Waals surface area contributed by atoms with Crippen LogP contribution in [0.3, 0.4) is 0 Å². The number of methoxy groups -OCH3 is 1. The van der Waals surface area contributed by atoms with Crippen molar-refractivity contribution < 1.29 is 27.9 Å². The number of nitrogens with zero attached hydrogens (tertiary/aromatic N) is 2. The van der Waals surface area contributed by atoms with Crippen molar-refractivity contribution in [2.24, 2.45) is 5.73 Å². The van der Waals surface area contributed by atoms with Gasteiger partial charge in [0, 0.05) is 42.1 Å². The lowest BCUT2D eigenvalue weighted by atomic mass is 10.2. The Labute approximate surface area is 197 Å². The van der Waals surface area contributed by atoms with E-state index in [9.17, 15) is 23.2 Å². The number of nitrogens with two attached hydrogens (primary N) is 1. The molecule has 1 aliphatic rings. The lowest BCUT2D eigenvalue weighted by Gasteiger charge is -2.23. The maximum atomic E-state index is 14.1. The molecule has 1 saturated heterocycles. The summed E-state index contributed by atoms with van der Waals surface area (Å²) in [6.45, 7) is 0.0165. The Balaban J connectivity index is 1.47. The third kappa shape index (κ3) is 4.49. The molecule has 9 nitrogen and oxygen atoms in total. The number of carbonyl (C=O) groups is 3. The lowest BCUT2D eigenvalue weighted by Crippen LogP contribution is -2.46. The molecule has 0 aliphatic carbocycles. The van der Waals surface area contributed by atoms with E-state index in [1.165, 1.54) is 40.6 Å². The molecule has 1 fully saturated rings. The van der Waals surface area contributed by atoms with Crippen LogP contribution >= 0.6 is 11.8 Å². The smallest absolute Gasteiger partial charge is 0.323 e. The van der Waals surface area contributed by atoms with Crippen LogP contribution in [0.2, 0.25) is 0 Å². The number of aromatic nitrogens is 1. The van der Waals surface area contributed by atoms with Gasteiger partial charge in [-0.1, -0.05) is 18.2 Å². The summed E-state index contributed by atoms with van der Waals surface area (Å²) < 4.78 is 34.0. The van der Waals surface area contributed by atoms with Gasteiger partial charge in [-0.3, -0.25) is 9.36 Å². The summed E-state index contributed by atoms with van der Waals surface area (Å²) in [7, 11) is 1.32. The molecule has 4 amide bonds. The number of primary amides is 1. The van der Waals surface area contributed by atoms with E-state index in [0.29, 0.717) is 28.9 Å². The zero-order valence-corrected chi connectivity index (χ0v) is 18.8. The Morgan fingerprint density at radius 3 is 2.74 bits per heavy atom. The number of nitrogens with one attached hydrogen (secondary N) is 2. The van der Waals surface area contributed by atoms with Crippen LogP contribution in [0.15, 0.2) is 42.6 Å². The van der Waals surface area contributed by atoms with E-state index in [0.717, 1.165) is 6.07 Å². The Morgan fingerprint density at radius 2 is 2.00 bits per heavy atom. The van der Waals surface area contributed by atoms with E-state index in [-0.39, 0.29) is 17.9 Å². The Bertz CT molecular complexity index is 1280. The van der Waals surface area contributed by atoms with Crippen molar-refractivity contribution in [3.63, 3.8) is 0 Å². The highest BCUT2D eigenvalue weighted by Crippen LogP contribution is 2.29. The molecular weight excluding hydrogens is 468 g/mol. The first kappa shape index (κ1) is 23.4. The number of thioether (sulfide) groups is 1. The average Bonchev–Trinajstić information content (AvgIpc) is 3.45. The van der Waals surface area contributed by atoms with Crippen LogP contribution in [0.25, 0.3) is 10.9 Å². The maximum Gasteiger partial charge on any atom is 0.323 e. The molecule has 0 radical (unpaired) electrons. The number of hydrogen-bond acceptors (Lipinski definition) is 5. The predicted octanol–water partition coefficient (Wildman–Crippen LogP) is 3.08. The maximum absolute atomic E-state index is 14.1. The Kier molecular flexibility index (Phi) is 6.59. The molecule has 12 heteroatoms. The predicted molar refractivity (Wildman–Crippen MR) is 124 cm³/mol. The monoisotopic (exact) mass is 489 g/mol. The molecule has 34 heavy (non-hydrogen) atoms. The number of anilines is 1. The fraction of sp³-hybridized carbons (Fsp3) is 0.227. The quantitative estimate of drug-likeness (QED) is 0.509. The van der Waals surface area contributed by atoms with Crippen LogP contribution < -0.4 is 21.1 Å². The molecule has 0 unspecified atom stereocenters. The largest absolute Gasteiger partial charge is 0.497 e. The highest BCUT2D eigenvalue weighted by molar-refractivity contribution is 8.00. The van der Waals surface area contributed by atoms with Gasteiger partial charge in [-0.05, 0) is 12.1 Å². The zero-order chi connectivity index (χ0) is 24.4. The van der Waals surface area contributed by atoms with Crippen molar-refractivity contribution in [3.05, 3.63) is 59.8 Å². The third-order valence-electron chi connectivity index (χ3n) is 5.33. The SMILES string of the molecule is COc1cc(F)c(F)c(CNC(=O)[C@@H]2SCCN2C(=O)Nc2cn(C(N)=O)c3ccccc23)c1. The minimum absolute atomic E-state index is 0.0801. The lowest BCUT2D eigenvalue weighted by molar-refractivity contribution is -0.122. The van der Waals surface area contributed by atoms with Crippen molar-refractivity contribution >= 4 is 46.3 Å². The van der Waals surface area contributed by atoms with E-state index in [1.807, 2.05) is 0 Å². The Morgan fingerprint density at radius 1 is 1.24 bits per heavy atom. The molecule has 4 N–H and O–H groups in total. The number of halogens is 2. The van der Waals surface area contributed by atoms with Gasteiger partial charge in [0.25, 0.3) is 5.91 Å². The van der Waals surface area contributed by atoms with Gasteiger partial charge in [-0.25, -0.2) is 18.4 Å². The second-order valence-electron chi connectivity index (χ2n) is 7.41. The number of benzene rings is 2. The molecule has 0 bridgehead atoms. The second kappa shape index (κ2) is 9.59. The summed E-state index contributed by atoms with van der Waals surface area (Å²) in [4.78, 5) is 38.8. The molecule has 4 rings (SSSR count). The number of fused-ring (bicyclic) bond motifs is 1. The first-order chi connectivity index (χ1) is 16.3. The summed E-state index contributed by atoms with van der Waals surface area (Å²) in [5.74, 6) is -2.07. The molecular formula is C22H21F2N5O4S. The number of amides is 4. The molecule has 3 aromatic rings. The number of rotatable bonds is 5. The van der Waals surface area contributed by atoms with Crippen molar-refractivity contribution in [1.29, 1.82) is 0 Å². The summed E-state index contributed by atoms with van der Waals surface area (Å²) in [5.41, 5.74) is 6.23. The second-order valence-corrected chi connectivity index (χ2v) is 8.60. The fourth-order valence-electron chi connectivity index (χ4n) is 3.68. The van der Waals surface area contributed by atoms with Crippen LogP contribution in [0, 0.1) is 11.6 Å². The highest BCUT2D eigenvalue weighted by Gasteiger charge is 2.35. The van der Waals surface area contributed by atoms with E-state index in [1.54, 1.807) is 24.3 Å². The third-order valence-corrected chi connectivity index (χ3v) is 6.54. The number of carbonyl (C=O) groups excluding carboxylic acids is 3. The van der Waals surface area contributed by atoms with E-state index < -0.39 is 35.0 Å². The molecule has 2 heterocycles. The number of ether oxygens (including phenoxy) is 1. The molecule has 1 aromatic heterocycles.